The summed E-state index contributed by atoms with van der Waals surface area (Å²) in [7, 11) is 1.26. The van der Waals surface area contributed by atoms with E-state index in [-0.39, 0.29) is 17.1 Å². The van der Waals surface area contributed by atoms with E-state index in [2.05, 4.69) is 4.74 Å². The van der Waals surface area contributed by atoms with Crippen LogP contribution < -0.4 is 15.2 Å². The van der Waals surface area contributed by atoms with Gasteiger partial charge in [-0.1, -0.05) is 0 Å². The lowest BCUT2D eigenvalue weighted by Gasteiger charge is -2.17. The largest absolute Gasteiger partial charge is 0.519 e. The molecule has 0 aromatic heterocycles. The predicted octanol–water partition coefficient (Wildman–Crippen LogP) is 1.56. The highest BCUT2D eigenvalue weighted by Crippen LogP contribution is 2.28. The standard InChI is InChI=1S/C9H10BF3NO3/c1-16-8-4-6(9(14)15)2-3-7(8)17-5-10(11,12)13/h2-4H,5H2,1H3,(H2,14,15)/q-1. The number of nitrogens with two attached hydrogens (primary N) is 1. The van der Waals surface area contributed by atoms with Crippen LogP contribution in [0.2, 0.25) is 0 Å². The van der Waals surface area contributed by atoms with E-state index in [0.29, 0.717) is 0 Å². The molecule has 0 radical (unpaired) electrons. The van der Waals surface area contributed by atoms with Crippen molar-refractivity contribution < 1.29 is 27.2 Å². The smallest absolute Gasteiger partial charge is 0.515 e. The first-order chi connectivity index (χ1) is 7.83. The lowest BCUT2D eigenvalue weighted by atomic mass is 9.95. The molecule has 0 aliphatic rings. The number of halogens is 3. The van der Waals surface area contributed by atoms with Crippen molar-refractivity contribution in [2.24, 2.45) is 5.73 Å². The van der Waals surface area contributed by atoms with Crippen LogP contribution in [-0.4, -0.2) is 26.5 Å². The fourth-order valence-electron chi connectivity index (χ4n) is 1.12. The molecule has 0 unspecified atom stereocenters. The number of amides is 1. The van der Waals surface area contributed by atoms with Crippen LogP contribution in [0.15, 0.2) is 18.2 Å². The minimum atomic E-state index is -5.04. The van der Waals surface area contributed by atoms with Crippen molar-refractivity contribution in [1.29, 1.82) is 0 Å². The molecule has 1 aromatic carbocycles. The normalized spacial score (nSPS) is 11.1. The Labute approximate surface area is 95.6 Å². The first-order valence-electron chi connectivity index (χ1n) is 4.65. The quantitative estimate of drug-likeness (QED) is 0.804. The number of methoxy groups -OCH3 is 1. The van der Waals surface area contributed by atoms with Gasteiger partial charge < -0.3 is 28.2 Å². The summed E-state index contributed by atoms with van der Waals surface area (Å²) in [6.45, 7) is -6.41. The number of hydrogen-bond acceptors (Lipinski definition) is 3. The maximum absolute atomic E-state index is 12.0. The lowest BCUT2D eigenvalue weighted by molar-refractivity contribution is 0.1000. The van der Waals surface area contributed by atoms with Gasteiger partial charge in [0.05, 0.1) is 13.6 Å². The summed E-state index contributed by atoms with van der Waals surface area (Å²) in [6, 6.07) is 3.70. The minimum absolute atomic E-state index is 0.0290. The zero-order valence-corrected chi connectivity index (χ0v) is 8.95. The molecule has 0 fully saturated rings. The maximum Gasteiger partial charge on any atom is 0.515 e. The van der Waals surface area contributed by atoms with E-state index in [4.69, 9.17) is 10.5 Å². The van der Waals surface area contributed by atoms with Crippen molar-refractivity contribution in [1.82, 2.24) is 0 Å². The summed E-state index contributed by atoms with van der Waals surface area (Å²) < 4.78 is 45.4. The second-order valence-electron chi connectivity index (χ2n) is 3.25. The predicted molar refractivity (Wildman–Crippen MR) is 56.1 cm³/mol. The van der Waals surface area contributed by atoms with Crippen molar-refractivity contribution in [2.75, 3.05) is 13.6 Å². The fourth-order valence-corrected chi connectivity index (χ4v) is 1.12. The third-order valence-corrected chi connectivity index (χ3v) is 1.88. The van der Waals surface area contributed by atoms with Crippen LogP contribution in [0.25, 0.3) is 0 Å². The van der Waals surface area contributed by atoms with E-state index < -0.39 is 19.4 Å². The second kappa shape index (κ2) is 4.98. The fraction of sp³-hybridized carbons (Fsp3) is 0.222. The first-order valence-corrected chi connectivity index (χ1v) is 4.65. The highest BCUT2D eigenvalue weighted by atomic mass is 19.4. The molecular weight excluding hydrogens is 238 g/mol. The van der Waals surface area contributed by atoms with Crippen LogP contribution in [-0.2, 0) is 0 Å². The van der Waals surface area contributed by atoms with Gasteiger partial charge in [-0.2, -0.15) is 0 Å². The van der Waals surface area contributed by atoms with E-state index in [1.165, 1.54) is 25.3 Å². The average molecular weight is 248 g/mol. The molecule has 4 nitrogen and oxygen atoms in total. The van der Waals surface area contributed by atoms with Gasteiger partial charge in [0, 0.05) is 5.56 Å². The molecule has 0 heterocycles. The molecule has 2 N–H and O–H groups in total. The molecule has 0 aliphatic heterocycles. The summed E-state index contributed by atoms with van der Waals surface area (Å²) in [5.41, 5.74) is 5.15. The van der Waals surface area contributed by atoms with E-state index in [1.807, 2.05) is 0 Å². The highest BCUT2D eigenvalue weighted by Gasteiger charge is 2.25. The van der Waals surface area contributed by atoms with Gasteiger partial charge in [0.1, 0.15) is 0 Å². The van der Waals surface area contributed by atoms with Crippen LogP contribution in [0.1, 0.15) is 10.4 Å². The van der Waals surface area contributed by atoms with Gasteiger partial charge in [-0.25, -0.2) is 0 Å². The number of primary amides is 1. The zero-order valence-electron chi connectivity index (χ0n) is 8.95. The highest BCUT2D eigenvalue weighted by molar-refractivity contribution is 6.58. The van der Waals surface area contributed by atoms with Crippen LogP contribution in [0.4, 0.5) is 12.9 Å². The topological polar surface area (TPSA) is 61.5 Å². The van der Waals surface area contributed by atoms with Gasteiger partial charge in [-0.3, -0.25) is 4.79 Å². The zero-order chi connectivity index (χ0) is 13.1. The molecule has 1 rings (SSSR count). The van der Waals surface area contributed by atoms with Gasteiger partial charge >= 0.3 is 6.98 Å². The van der Waals surface area contributed by atoms with E-state index in [0.717, 1.165) is 0 Å². The summed E-state index contributed by atoms with van der Waals surface area (Å²) in [5.74, 6) is -0.757. The van der Waals surface area contributed by atoms with Crippen LogP contribution in [0.3, 0.4) is 0 Å². The molecule has 1 amide bonds. The summed E-state index contributed by atoms with van der Waals surface area (Å²) in [5, 5.41) is 0. The Morgan fingerprint density at radius 2 is 2.00 bits per heavy atom. The van der Waals surface area contributed by atoms with E-state index >= 15 is 0 Å². The molecule has 1 aromatic rings. The second-order valence-corrected chi connectivity index (χ2v) is 3.25. The number of carbonyl (C=O) groups is 1. The van der Waals surface area contributed by atoms with Gasteiger partial charge in [-0.15, -0.1) is 0 Å². The Balaban J connectivity index is 2.89. The molecule has 17 heavy (non-hydrogen) atoms. The SMILES string of the molecule is COc1cc(C(N)=O)ccc1OC[B-](F)(F)F. The number of carbonyl (C=O) groups excluding carboxylic acids is 1. The first kappa shape index (κ1) is 13.2. The molecule has 0 atom stereocenters. The Morgan fingerprint density at radius 3 is 2.47 bits per heavy atom. The van der Waals surface area contributed by atoms with Crippen LogP contribution >= 0.6 is 0 Å². The van der Waals surface area contributed by atoms with Crippen molar-refractivity contribution in [3.8, 4) is 11.5 Å². The van der Waals surface area contributed by atoms with Gasteiger partial charge in [0.25, 0.3) is 0 Å². The van der Waals surface area contributed by atoms with Crippen molar-refractivity contribution in [3.63, 3.8) is 0 Å². The molecule has 0 spiro atoms. The Bertz CT molecular complexity index is 422. The summed E-state index contributed by atoms with van der Waals surface area (Å²) in [4.78, 5) is 10.8. The van der Waals surface area contributed by atoms with Gasteiger partial charge in [0.15, 0.2) is 11.5 Å². The Morgan fingerprint density at radius 1 is 1.35 bits per heavy atom. The summed E-state index contributed by atoms with van der Waals surface area (Å²) in [6.07, 6.45) is 0. The van der Waals surface area contributed by atoms with Crippen LogP contribution in [0.5, 0.6) is 11.5 Å². The van der Waals surface area contributed by atoms with Gasteiger partial charge in [-0.05, 0) is 18.2 Å². The number of hydrogen-bond donors (Lipinski definition) is 1. The van der Waals surface area contributed by atoms with Crippen molar-refractivity contribution in [2.45, 2.75) is 0 Å². The average Bonchev–Trinajstić information content (AvgIpc) is 2.24. The monoisotopic (exact) mass is 248 g/mol. The van der Waals surface area contributed by atoms with E-state index in [1.54, 1.807) is 0 Å². The minimum Gasteiger partial charge on any atom is -0.519 e. The lowest BCUT2D eigenvalue weighted by Crippen LogP contribution is -2.26. The number of ether oxygens (including phenoxy) is 2. The Hall–Kier alpha value is -1.86. The van der Waals surface area contributed by atoms with Gasteiger partial charge in [0.2, 0.25) is 5.91 Å². The molecule has 8 heteroatoms. The maximum atomic E-state index is 12.0. The summed E-state index contributed by atoms with van der Waals surface area (Å²) >= 11 is 0. The third-order valence-electron chi connectivity index (χ3n) is 1.88. The molecular formula is C9H10BF3NO3-. The number of rotatable bonds is 5. The molecule has 0 saturated carbocycles. The third kappa shape index (κ3) is 3.89. The molecule has 0 aliphatic carbocycles. The van der Waals surface area contributed by atoms with Crippen molar-refractivity contribution in [3.05, 3.63) is 23.8 Å². The Kier molecular flexibility index (Phi) is 3.87. The van der Waals surface area contributed by atoms with Crippen molar-refractivity contribution >= 4 is 12.9 Å². The molecule has 94 valence electrons. The van der Waals surface area contributed by atoms with Crippen LogP contribution in [0, 0.1) is 0 Å². The molecule has 0 bridgehead atoms. The molecule has 0 saturated heterocycles. The number of benzene rings is 1. The van der Waals surface area contributed by atoms with E-state index in [9.17, 15) is 17.7 Å².